The Morgan fingerprint density at radius 3 is 2.70 bits per heavy atom. The molecular weight excluding hydrogens is 278 g/mol. The van der Waals surface area contributed by atoms with Crippen LogP contribution < -0.4 is 10.5 Å². The summed E-state index contributed by atoms with van der Waals surface area (Å²) in [6, 6.07) is 5.71. The lowest BCUT2D eigenvalue weighted by Gasteiger charge is -2.13. The van der Waals surface area contributed by atoms with Crippen LogP contribution in [0.25, 0.3) is 0 Å². The standard InChI is InChI=1S/C15H24ClNO3/c1-12(17)10-13-11-14(16)4-5-15(13)20-7-3-6-19-9-8-18-2/h4-5,11-12H,3,6-10,17H2,1-2H3. The summed E-state index contributed by atoms with van der Waals surface area (Å²) >= 11 is 6.00. The summed E-state index contributed by atoms with van der Waals surface area (Å²) in [6.07, 6.45) is 1.59. The third-order valence-corrected chi connectivity index (χ3v) is 2.92. The van der Waals surface area contributed by atoms with E-state index in [0.717, 1.165) is 24.2 Å². The fourth-order valence-corrected chi connectivity index (χ4v) is 1.98. The maximum Gasteiger partial charge on any atom is 0.122 e. The third-order valence-electron chi connectivity index (χ3n) is 2.69. The Bertz CT molecular complexity index is 385. The fourth-order valence-electron chi connectivity index (χ4n) is 1.78. The Labute approximate surface area is 126 Å². The van der Waals surface area contributed by atoms with Gasteiger partial charge in [0, 0.05) is 31.2 Å². The zero-order valence-corrected chi connectivity index (χ0v) is 13.0. The van der Waals surface area contributed by atoms with E-state index in [1.807, 2.05) is 25.1 Å². The van der Waals surface area contributed by atoms with Crippen molar-refractivity contribution in [1.82, 2.24) is 0 Å². The Balaban J connectivity index is 2.35. The highest BCUT2D eigenvalue weighted by Gasteiger charge is 2.07. The zero-order valence-electron chi connectivity index (χ0n) is 12.2. The highest BCUT2D eigenvalue weighted by Crippen LogP contribution is 2.24. The lowest BCUT2D eigenvalue weighted by Crippen LogP contribution is -2.18. The van der Waals surface area contributed by atoms with Crippen molar-refractivity contribution in [2.75, 3.05) is 33.5 Å². The van der Waals surface area contributed by atoms with Gasteiger partial charge in [0.1, 0.15) is 5.75 Å². The first-order valence-corrected chi connectivity index (χ1v) is 7.24. The molecule has 2 N–H and O–H groups in total. The van der Waals surface area contributed by atoms with Crippen molar-refractivity contribution >= 4 is 11.6 Å². The average molecular weight is 302 g/mol. The van der Waals surface area contributed by atoms with E-state index in [4.69, 9.17) is 31.5 Å². The van der Waals surface area contributed by atoms with Crippen LogP contribution in [0.4, 0.5) is 0 Å². The van der Waals surface area contributed by atoms with Gasteiger partial charge in [0.2, 0.25) is 0 Å². The van der Waals surface area contributed by atoms with Gasteiger partial charge in [-0.1, -0.05) is 11.6 Å². The van der Waals surface area contributed by atoms with E-state index < -0.39 is 0 Å². The minimum absolute atomic E-state index is 0.0770. The smallest absolute Gasteiger partial charge is 0.122 e. The second-order valence-corrected chi connectivity index (χ2v) is 5.18. The molecule has 0 bridgehead atoms. The van der Waals surface area contributed by atoms with Gasteiger partial charge in [-0.05, 0) is 37.1 Å². The van der Waals surface area contributed by atoms with Gasteiger partial charge in [0.25, 0.3) is 0 Å². The summed E-state index contributed by atoms with van der Waals surface area (Å²) in [4.78, 5) is 0. The molecule has 0 aliphatic carbocycles. The molecule has 0 aliphatic rings. The van der Waals surface area contributed by atoms with E-state index in [2.05, 4.69) is 0 Å². The second kappa shape index (κ2) is 10.00. The van der Waals surface area contributed by atoms with Gasteiger partial charge in [-0.2, -0.15) is 0 Å². The van der Waals surface area contributed by atoms with Crippen LogP contribution in [-0.4, -0.2) is 39.6 Å². The molecule has 0 fully saturated rings. The second-order valence-electron chi connectivity index (χ2n) is 4.74. The lowest BCUT2D eigenvalue weighted by molar-refractivity contribution is 0.0644. The largest absolute Gasteiger partial charge is 0.493 e. The van der Waals surface area contributed by atoms with Crippen molar-refractivity contribution in [3.05, 3.63) is 28.8 Å². The van der Waals surface area contributed by atoms with Crippen molar-refractivity contribution in [2.24, 2.45) is 5.73 Å². The van der Waals surface area contributed by atoms with Crippen molar-refractivity contribution in [2.45, 2.75) is 25.8 Å². The molecule has 114 valence electrons. The molecule has 0 aliphatic heterocycles. The van der Waals surface area contributed by atoms with Gasteiger partial charge < -0.3 is 19.9 Å². The quantitative estimate of drug-likeness (QED) is 0.675. The van der Waals surface area contributed by atoms with Gasteiger partial charge in [-0.25, -0.2) is 0 Å². The molecule has 5 heteroatoms. The molecule has 1 rings (SSSR count). The summed E-state index contributed by atoms with van der Waals surface area (Å²) in [5, 5.41) is 0.705. The number of hydrogen-bond acceptors (Lipinski definition) is 4. The normalized spacial score (nSPS) is 12.4. The predicted octanol–water partition coefficient (Wildman–Crippen LogP) is 2.66. The maximum atomic E-state index is 6.00. The maximum absolute atomic E-state index is 6.00. The molecule has 0 saturated heterocycles. The predicted molar refractivity (Wildman–Crippen MR) is 81.6 cm³/mol. The summed E-state index contributed by atoms with van der Waals surface area (Å²) in [5.74, 6) is 0.851. The minimum atomic E-state index is 0.0770. The molecule has 1 aromatic carbocycles. The van der Waals surface area contributed by atoms with Crippen LogP contribution >= 0.6 is 11.6 Å². The molecule has 4 nitrogen and oxygen atoms in total. The number of methoxy groups -OCH3 is 1. The molecule has 20 heavy (non-hydrogen) atoms. The first kappa shape index (κ1) is 17.2. The fraction of sp³-hybridized carbons (Fsp3) is 0.600. The first-order valence-electron chi connectivity index (χ1n) is 6.87. The summed E-state index contributed by atoms with van der Waals surface area (Å²) in [7, 11) is 1.66. The van der Waals surface area contributed by atoms with E-state index in [1.54, 1.807) is 7.11 Å². The molecule has 0 radical (unpaired) electrons. The number of rotatable bonds is 10. The Morgan fingerprint density at radius 2 is 2.00 bits per heavy atom. The molecular formula is C15H24ClNO3. The third kappa shape index (κ3) is 7.10. The van der Waals surface area contributed by atoms with Crippen molar-refractivity contribution in [3.8, 4) is 5.75 Å². The molecule has 0 amide bonds. The Hall–Kier alpha value is -0.810. The molecule has 0 heterocycles. The van der Waals surface area contributed by atoms with Crippen LogP contribution in [0.2, 0.25) is 5.02 Å². The lowest BCUT2D eigenvalue weighted by atomic mass is 10.1. The van der Waals surface area contributed by atoms with E-state index >= 15 is 0 Å². The Kier molecular flexibility index (Phi) is 8.62. The highest BCUT2D eigenvalue weighted by atomic mass is 35.5. The topological polar surface area (TPSA) is 53.7 Å². The number of ether oxygens (including phenoxy) is 3. The average Bonchev–Trinajstić information content (AvgIpc) is 2.39. The van der Waals surface area contributed by atoms with Gasteiger partial charge in [-0.15, -0.1) is 0 Å². The molecule has 1 atom stereocenters. The summed E-state index contributed by atoms with van der Waals surface area (Å²) in [5.41, 5.74) is 6.88. The van der Waals surface area contributed by atoms with Gasteiger partial charge in [0.15, 0.2) is 0 Å². The molecule has 1 unspecified atom stereocenters. The SMILES string of the molecule is COCCOCCCOc1ccc(Cl)cc1CC(C)N. The first-order chi connectivity index (χ1) is 9.63. The van der Waals surface area contributed by atoms with Crippen molar-refractivity contribution in [1.29, 1.82) is 0 Å². The number of hydrogen-bond donors (Lipinski definition) is 1. The van der Waals surface area contributed by atoms with Crippen LogP contribution in [-0.2, 0) is 15.9 Å². The highest BCUT2D eigenvalue weighted by molar-refractivity contribution is 6.30. The molecule has 0 saturated carbocycles. The van der Waals surface area contributed by atoms with Gasteiger partial charge in [-0.3, -0.25) is 0 Å². The minimum Gasteiger partial charge on any atom is -0.493 e. The molecule has 0 spiro atoms. The number of benzene rings is 1. The van der Waals surface area contributed by atoms with E-state index in [9.17, 15) is 0 Å². The van der Waals surface area contributed by atoms with Gasteiger partial charge >= 0.3 is 0 Å². The Morgan fingerprint density at radius 1 is 1.20 bits per heavy atom. The van der Waals surface area contributed by atoms with Crippen LogP contribution in [0.5, 0.6) is 5.75 Å². The summed E-state index contributed by atoms with van der Waals surface area (Å²) in [6.45, 7) is 4.48. The van der Waals surface area contributed by atoms with Crippen molar-refractivity contribution in [3.63, 3.8) is 0 Å². The van der Waals surface area contributed by atoms with E-state index in [-0.39, 0.29) is 6.04 Å². The monoisotopic (exact) mass is 301 g/mol. The van der Waals surface area contributed by atoms with Crippen LogP contribution in [0.15, 0.2) is 18.2 Å². The van der Waals surface area contributed by atoms with Crippen molar-refractivity contribution < 1.29 is 14.2 Å². The number of nitrogens with two attached hydrogens (primary N) is 1. The number of halogens is 1. The van der Waals surface area contributed by atoms with Gasteiger partial charge in [0.05, 0.1) is 19.8 Å². The zero-order chi connectivity index (χ0) is 14.8. The van der Waals surface area contributed by atoms with Crippen LogP contribution in [0.3, 0.4) is 0 Å². The van der Waals surface area contributed by atoms with E-state index in [0.29, 0.717) is 31.5 Å². The molecule has 1 aromatic rings. The van der Waals surface area contributed by atoms with E-state index in [1.165, 1.54) is 0 Å². The molecule has 0 aromatic heterocycles. The van der Waals surface area contributed by atoms with Crippen LogP contribution in [0.1, 0.15) is 18.9 Å². The summed E-state index contributed by atoms with van der Waals surface area (Å²) < 4.78 is 16.1. The van der Waals surface area contributed by atoms with Crippen LogP contribution in [0, 0.1) is 0 Å².